The van der Waals surface area contributed by atoms with Gasteiger partial charge in [0, 0.05) is 30.1 Å². The molecule has 0 radical (unpaired) electrons. The molecule has 178 valence electrons. The van der Waals surface area contributed by atoms with Crippen molar-refractivity contribution < 1.29 is 29.6 Å². The third-order valence-corrected chi connectivity index (χ3v) is 6.60. The molecule has 7 heteroatoms. The van der Waals surface area contributed by atoms with Crippen molar-refractivity contribution in [1.82, 2.24) is 0 Å². The van der Waals surface area contributed by atoms with Crippen molar-refractivity contribution in [3.63, 3.8) is 0 Å². The van der Waals surface area contributed by atoms with Crippen LogP contribution in [0.1, 0.15) is 90.9 Å². The molecule has 0 aromatic heterocycles. The second kappa shape index (κ2) is 16.3. The van der Waals surface area contributed by atoms with Crippen LogP contribution in [-0.2, 0) is 14.3 Å². The van der Waals surface area contributed by atoms with Crippen LogP contribution in [0.25, 0.3) is 0 Å². The number of rotatable bonds is 17. The van der Waals surface area contributed by atoms with E-state index in [2.05, 4.69) is 6.92 Å². The quantitative estimate of drug-likeness (QED) is 0.157. The largest absolute Gasteiger partial charge is 0.481 e. The van der Waals surface area contributed by atoms with Crippen molar-refractivity contribution >= 4 is 23.7 Å². The van der Waals surface area contributed by atoms with Gasteiger partial charge in [-0.25, -0.2) is 0 Å². The third kappa shape index (κ3) is 11.8. The van der Waals surface area contributed by atoms with Crippen LogP contribution in [0.15, 0.2) is 22.8 Å². The molecule has 0 spiro atoms. The van der Waals surface area contributed by atoms with E-state index in [1.807, 2.05) is 13.0 Å². The standard InChI is InChI=1S/C24H40O6S/c1-3-5-8-11-18(25)14-15-19-20(26)17-21(30-23(29)13-6-4-2)24(19)31-16-10-7-9-12-22(27)28/h14-15,18-20,25-26H,3-13,16-17H2,1-2H3,(H,27,28)/t18-,19-,20+/m0/s1. The Morgan fingerprint density at radius 1 is 1.10 bits per heavy atom. The lowest BCUT2D eigenvalue weighted by atomic mass is 10.0. The smallest absolute Gasteiger partial charge is 0.310 e. The first-order chi connectivity index (χ1) is 14.9. The first kappa shape index (κ1) is 27.7. The Morgan fingerprint density at radius 2 is 1.84 bits per heavy atom. The fraction of sp³-hybridized carbons (Fsp3) is 0.750. The number of hydrogen-bond acceptors (Lipinski definition) is 6. The second-order valence-electron chi connectivity index (χ2n) is 8.16. The third-order valence-electron chi connectivity index (χ3n) is 5.29. The number of carboxylic acids is 1. The molecule has 6 nitrogen and oxygen atoms in total. The average Bonchev–Trinajstić information content (AvgIpc) is 3.01. The van der Waals surface area contributed by atoms with E-state index < -0.39 is 18.2 Å². The van der Waals surface area contributed by atoms with Gasteiger partial charge in [-0.05, 0) is 31.4 Å². The van der Waals surface area contributed by atoms with Gasteiger partial charge in [-0.1, -0.05) is 58.1 Å². The Labute approximate surface area is 191 Å². The predicted molar refractivity (Wildman–Crippen MR) is 125 cm³/mol. The number of unbranched alkanes of at least 4 members (excludes halogenated alkanes) is 5. The number of aliphatic hydroxyl groups is 2. The maximum absolute atomic E-state index is 12.1. The van der Waals surface area contributed by atoms with Gasteiger partial charge in [0.2, 0.25) is 0 Å². The summed E-state index contributed by atoms with van der Waals surface area (Å²) in [7, 11) is 0. The number of aliphatic hydroxyl groups excluding tert-OH is 2. The number of hydrogen-bond donors (Lipinski definition) is 3. The van der Waals surface area contributed by atoms with Crippen LogP contribution in [0.2, 0.25) is 0 Å². The van der Waals surface area contributed by atoms with Crippen LogP contribution >= 0.6 is 11.8 Å². The van der Waals surface area contributed by atoms with Gasteiger partial charge in [-0.2, -0.15) is 0 Å². The van der Waals surface area contributed by atoms with Gasteiger partial charge < -0.3 is 20.1 Å². The highest BCUT2D eigenvalue weighted by molar-refractivity contribution is 8.03. The number of ether oxygens (including phenoxy) is 1. The minimum atomic E-state index is -0.779. The molecule has 0 amide bonds. The van der Waals surface area contributed by atoms with Crippen molar-refractivity contribution in [1.29, 1.82) is 0 Å². The van der Waals surface area contributed by atoms with Gasteiger partial charge in [0.1, 0.15) is 5.76 Å². The molecule has 0 heterocycles. The summed E-state index contributed by atoms with van der Waals surface area (Å²) < 4.78 is 5.61. The molecule has 0 aromatic carbocycles. The topological polar surface area (TPSA) is 104 Å². The first-order valence-electron chi connectivity index (χ1n) is 11.7. The summed E-state index contributed by atoms with van der Waals surface area (Å²) in [6.45, 7) is 4.14. The Balaban J connectivity index is 2.76. The van der Waals surface area contributed by atoms with Crippen molar-refractivity contribution in [3.05, 3.63) is 22.8 Å². The lowest BCUT2D eigenvalue weighted by Crippen LogP contribution is -2.14. The summed E-state index contributed by atoms with van der Waals surface area (Å²) in [6, 6.07) is 0. The molecule has 0 aromatic rings. The van der Waals surface area contributed by atoms with Gasteiger partial charge in [-0.15, -0.1) is 11.8 Å². The molecule has 0 saturated carbocycles. The number of thioether (sulfide) groups is 1. The van der Waals surface area contributed by atoms with E-state index in [4.69, 9.17) is 9.84 Å². The zero-order valence-electron chi connectivity index (χ0n) is 19.1. The van der Waals surface area contributed by atoms with Gasteiger partial charge in [0.25, 0.3) is 0 Å². The summed E-state index contributed by atoms with van der Waals surface area (Å²) in [5, 5.41) is 29.6. The minimum absolute atomic E-state index is 0.174. The van der Waals surface area contributed by atoms with E-state index in [9.17, 15) is 19.8 Å². The molecule has 0 aliphatic heterocycles. The predicted octanol–water partition coefficient (Wildman–Crippen LogP) is 5.19. The van der Waals surface area contributed by atoms with E-state index in [-0.39, 0.29) is 18.3 Å². The molecule has 31 heavy (non-hydrogen) atoms. The Morgan fingerprint density at radius 3 is 2.52 bits per heavy atom. The summed E-state index contributed by atoms with van der Waals surface area (Å²) in [5.41, 5.74) is 0. The number of esters is 1. The summed E-state index contributed by atoms with van der Waals surface area (Å²) in [4.78, 5) is 23.6. The van der Waals surface area contributed by atoms with Gasteiger partial charge in [0.15, 0.2) is 0 Å². The number of carboxylic acid groups (broad SMARTS) is 1. The molecule has 1 aliphatic carbocycles. The molecule has 0 unspecified atom stereocenters. The second-order valence-corrected chi connectivity index (χ2v) is 9.30. The fourth-order valence-electron chi connectivity index (χ4n) is 3.46. The minimum Gasteiger partial charge on any atom is -0.481 e. The molecule has 0 saturated heterocycles. The van der Waals surface area contributed by atoms with Crippen LogP contribution in [0, 0.1) is 5.92 Å². The van der Waals surface area contributed by atoms with E-state index in [1.54, 1.807) is 17.8 Å². The average molecular weight is 457 g/mol. The highest BCUT2D eigenvalue weighted by Crippen LogP contribution is 2.41. The molecular formula is C24H40O6S. The molecule has 3 N–H and O–H groups in total. The van der Waals surface area contributed by atoms with Crippen LogP contribution in [0.3, 0.4) is 0 Å². The highest BCUT2D eigenvalue weighted by Gasteiger charge is 2.34. The lowest BCUT2D eigenvalue weighted by Gasteiger charge is -2.15. The van der Waals surface area contributed by atoms with E-state index in [0.29, 0.717) is 31.4 Å². The van der Waals surface area contributed by atoms with Gasteiger partial charge in [0.05, 0.1) is 12.2 Å². The van der Waals surface area contributed by atoms with Gasteiger partial charge in [-0.3, -0.25) is 9.59 Å². The normalized spacial score (nSPS) is 19.9. The molecular weight excluding hydrogens is 416 g/mol. The number of carbonyl (C=O) groups is 2. The summed E-state index contributed by atoms with van der Waals surface area (Å²) in [5.74, 6) is -0.0367. The maximum atomic E-state index is 12.1. The number of carbonyl (C=O) groups excluding carboxylic acids is 1. The van der Waals surface area contributed by atoms with Gasteiger partial charge >= 0.3 is 11.9 Å². The Bertz CT molecular complexity index is 601. The molecule has 1 aliphatic rings. The lowest BCUT2D eigenvalue weighted by molar-refractivity contribution is -0.140. The zero-order valence-corrected chi connectivity index (χ0v) is 19.9. The molecule has 1 rings (SSSR count). The van der Waals surface area contributed by atoms with Crippen LogP contribution in [0.4, 0.5) is 0 Å². The Kier molecular flexibility index (Phi) is 14.6. The van der Waals surface area contributed by atoms with Crippen LogP contribution in [0.5, 0.6) is 0 Å². The summed E-state index contributed by atoms with van der Waals surface area (Å²) in [6.07, 6.45) is 11.0. The number of aliphatic carboxylic acids is 1. The molecule has 0 fully saturated rings. The first-order valence-corrected chi connectivity index (χ1v) is 12.7. The van der Waals surface area contributed by atoms with E-state index in [0.717, 1.165) is 55.6 Å². The maximum Gasteiger partial charge on any atom is 0.310 e. The summed E-state index contributed by atoms with van der Waals surface area (Å²) >= 11 is 1.56. The zero-order chi connectivity index (χ0) is 23.1. The Hall–Kier alpha value is -1.31. The van der Waals surface area contributed by atoms with Crippen molar-refractivity contribution in [2.24, 2.45) is 5.92 Å². The molecule has 3 atom stereocenters. The van der Waals surface area contributed by atoms with Crippen molar-refractivity contribution in [2.75, 3.05) is 5.75 Å². The van der Waals surface area contributed by atoms with Crippen LogP contribution in [-0.4, -0.2) is 45.2 Å². The van der Waals surface area contributed by atoms with E-state index in [1.165, 1.54) is 0 Å². The monoisotopic (exact) mass is 456 g/mol. The van der Waals surface area contributed by atoms with E-state index >= 15 is 0 Å². The van der Waals surface area contributed by atoms with Crippen molar-refractivity contribution in [3.8, 4) is 0 Å². The van der Waals surface area contributed by atoms with Crippen molar-refractivity contribution in [2.45, 2.75) is 103 Å². The molecule has 0 bridgehead atoms. The SMILES string of the molecule is CCCCC[C@H](O)C=C[C@@H]1C(SCCCCCC(=O)O)=C(OC(=O)CCCC)C[C@H]1O. The fourth-order valence-corrected chi connectivity index (χ4v) is 4.74. The van der Waals surface area contributed by atoms with Crippen LogP contribution < -0.4 is 0 Å². The highest BCUT2D eigenvalue weighted by atomic mass is 32.2.